The molecule has 5 aromatic rings. The van der Waals surface area contributed by atoms with Gasteiger partial charge < -0.3 is 25.5 Å². The molecule has 0 aliphatic heterocycles. The predicted octanol–water partition coefficient (Wildman–Crippen LogP) is 9.24. The first-order chi connectivity index (χ1) is 22.6. The van der Waals surface area contributed by atoms with Crippen LogP contribution in [0.3, 0.4) is 0 Å². The van der Waals surface area contributed by atoms with Crippen LogP contribution in [-0.4, -0.2) is 25.5 Å². The lowest BCUT2D eigenvalue weighted by atomic mass is 9.81. The summed E-state index contributed by atoms with van der Waals surface area (Å²) in [6, 6.07) is 26.3. The van der Waals surface area contributed by atoms with E-state index in [9.17, 15) is 25.5 Å². The smallest absolute Gasteiger partial charge is 0.122 e. The van der Waals surface area contributed by atoms with Crippen molar-refractivity contribution in [2.75, 3.05) is 0 Å². The summed E-state index contributed by atoms with van der Waals surface area (Å²) in [4.78, 5) is 0. The van der Waals surface area contributed by atoms with Crippen molar-refractivity contribution < 1.29 is 25.5 Å². The second-order valence-corrected chi connectivity index (χ2v) is 13.4. The molecular weight excluding hydrogens is 584 g/mol. The molecule has 0 heterocycles. The second kappa shape index (κ2) is 13.8. The molecule has 1 saturated carbocycles. The van der Waals surface area contributed by atoms with E-state index in [4.69, 9.17) is 0 Å². The zero-order valence-corrected chi connectivity index (χ0v) is 27.3. The van der Waals surface area contributed by atoms with Gasteiger partial charge in [0, 0.05) is 25.7 Å². The Hall–Kier alpha value is -4.90. The van der Waals surface area contributed by atoms with Crippen LogP contribution in [0, 0.1) is 13.8 Å². The molecular formula is C42H44O5. The first-order valence-electron chi connectivity index (χ1n) is 16.7. The average molecular weight is 629 g/mol. The number of hydrogen-bond donors (Lipinski definition) is 5. The Balaban J connectivity index is 1.36. The molecule has 5 aromatic carbocycles. The SMILES string of the molecule is Cc1cc(Cc2cccc(O)c2)c(O)c(Cc2cc(Cc3cc(C)cc(Cc4cccc(O)c4)c3O)c(O)c(C3CCCCC3)c2)c1. The van der Waals surface area contributed by atoms with Crippen molar-refractivity contribution in [1.29, 1.82) is 0 Å². The molecule has 1 aliphatic rings. The van der Waals surface area contributed by atoms with Gasteiger partial charge in [0.2, 0.25) is 0 Å². The Kier molecular flexibility index (Phi) is 9.44. The van der Waals surface area contributed by atoms with Crippen molar-refractivity contribution in [1.82, 2.24) is 0 Å². The topological polar surface area (TPSA) is 101 Å². The lowest BCUT2D eigenvalue weighted by molar-refractivity contribution is 0.411. The van der Waals surface area contributed by atoms with Crippen molar-refractivity contribution >= 4 is 0 Å². The van der Waals surface area contributed by atoms with E-state index >= 15 is 0 Å². The highest BCUT2D eigenvalue weighted by Gasteiger charge is 2.23. The molecule has 0 amide bonds. The molecule has 1 aliphatic carbocycles. The number of phenols is 5. The van der Waals surface area contributed by atoms with E-state index in [1.54, 1.807) is 30.3 Å². The minimum atomic E-state index is 0.193. The predicted molar refractivity (Wildman–Crippen MR) is 187 cm³/mol. The van der Waals surface area contributed by atoms with Gasteiger partial charge in [-0.3, -0.25) is 0 Å². The van der Waals surface area contributed by atoms with Crippen LogP contribution in [0.1, 0.15) is 99.2 Å². The number of hydrogen-bond acceptors (Lipinski definition) is 5. The molecule has 6 rings (SSSR count). The molecule has 0 aromatic heterocycles. The maximum atomic E-state index is 11.7. The van der Waals surface area contributed by atoms with Crippen molar-refractivity contribution in [2.24, 2.45) is 0 Å². The first kappa shape index (κ1) is 32.1. The number of aryl methyl sites for hydroxylation is 2. The van der Waals surface area contributed by atoms with Crippen LogP contribution >= 0.6 is 0 Å². The minimum absolute atomic E-state index is 0.193. The largest absolute Gasteiger partial charge is 0.508 e. The van der Waals surface area contributed by atoms with E-state index in [2.05, 4.69) is 6.07 Å². The van der Waals surface area contributed by atoms with Gasteiger partial charge >= 0.3 is 0 Å². The fourth-order valence-electron chi connectivity index (χ4n) is 7.35. The quantitative estimate of drug-likeness (QED) is 0.112. The normalized spacial score (nSPS) is 13.6. The van der Waals surface area contributed by atoms with E-state index in [0.29, 0.717) is 31.4 Å². The van der Waals surface area contributed by atoms with Gasteiger partial charge in [0.25, 0.3) is 0 Å². The fraction of sp³-hybridized carbons (Fsp3) is 0.286. The highest BCUT2D eigenvalue weighted by atomic mass is 16.3. The van der Waals surface area contributed by atoms with Crippen LogP contribution in [0.4, 0.5) is 0 Å². The molecule has 1 fully saturated rings. The third kappa shape index (κ3) is 7.57. The minimum Gasteiger partial charge on any atom is -0.508 e. The van der Waals surface area contributed by atoms with Gasteiger partial charge in [0.1, 0.15) is 28.7 Å². The molecule has 0 unspecified atom stereocenters. The van der Waals surface area contributed by atoms with Crippen molar-refractivity contribution in [2.45, 2.75) is 77.6 Å². The van der Waals surface area contributed by atoms with Gasteiger partial charge in [-0.2, -0.15) is 0 Å². The van der Waals surface area contributed by atoms with Crippen molar-refractivity contribution in [3.63, 3.8) is 0 Å². The van der Waals surface area contributed by atoms with Gasteiger partial charge in [0.15, 0.2) is 0 Å². The highest BCUT2D eigenvalue weighted by molar-refractivity contribution is 5.54. The third-order valence-electron chi connectivity index (χ3n) is 9.53. The molecule has 47 heavy (non-hydrogen) atoms. The summed E-state index contributed by atoms with van der Waals surface area (Å²) in [6.07, 6.45) is 7.39. The van der Waals surface area contributed by atoms with Gasteiger partial charge in [-0.15, -0.1) is 0 Å². The zero-order valence-electron chi connectivity index (χ0n) is 27.3. The van der Waals surface area contributed by atoms with Crippen LogP contribution in [-0.2, 0) is 25.7 Å². The summed E-state index contributed by atoms with van der Waals surface area (Å²) in [5.74, 6) is 1.42. The maximum Gasteiger partial charge on any atom is 0.122 e. The van der Waals surface area contributed by atoms with Crippen molar-refractivity contribution in [3.8, 4) is 28.7 Å². The Morgan fingerprint density at radius 3 is 1.40 bits per heavy atom. The highest BCUT2D eigenvalue weighted by Crippen LogP contribution is 2.42. The Labute approximate surface area is 277 Å². The van der Waals surface area contributed by atoms with Crippen LogP contribution in [0.5, 0.6) is 28.7 Å². The van der Waals surface area contributed by atoms with Crippen LogP contribution < -0.4 is 0 Å². The lowest BCUT2D eigenvalue weighted by Gasteiger charge is -2.25. The number of rotatable bonds is 9. The van der Waals surface area contributed by atoms with E-state index in [0.717, 1.165) is 86.9 Å². The molecule has 5 heteroatoms. The summed E-state index contributed by atoms with van der Waals surface area (Å²) >= 11 is 0. The average Bonchev–Trinajstić information content (AvgIpc) is 3.03. The van der Waals surface area contributed by atoms with E-state index in [1.807, 2.05) is 62.4 Å². The molecule has 5 N–H and O–H groups in total. The molecule has 5 nitrogen and oxygen atoms in total. The summed E-state index contributed by atoms with van der Waals surface area (Å²) in [5.41, 5.74) is 9.76. The summed E-state index contributed by atoms with van der Waals surface area (Å²) in [7, 11) is 0. The summed E-state index contributed by atoms with van der Waals surface area (Å²) in [6.45, 7) is 4.03. The monoisotopic (exact) mass is 628 g/mol. The van der Waals surface area contributed by atoms with Gasteiger partial charge in [0.05, 0.1) is 0 Å². The molecule has 0 bridgehead atoms. The Morgan fingerprint density at radius 1 is 0.468 bits per heavy atom. The van der Waals surface area contributed by atoms with Gasteiger partial charge in [-0.1, -0.05) is 91.1 Å². The van der Waals surface area contributed by atoms with E-state index in [-0.39, 0.29) is 28.9 Å². The van der Waals surface area contributed by atoms with E-state index < -0.39 is 0 Å². The van der Waals surface area contributed by atoms with Crippen LogP contribution in [0.15, 0.2) is 84.9 Å². The number of aromatic hydroxyl groups is 5. The Morgan fingerprint density at radius 2 is 0.915 bits per heavy atom. The van der Waals surface area contributed by atoms with E-state index in [1.165, 1.54) is 6.42 Å². The van der Waals surface area contributed by atoms with Crippen LogP contribution in [0.25, 0.3) is 0 Å². The molecule has 242 valence electrons. The molecule has 0 radical (unpaired) electrons. The van der Waals surface area contributed by atoms with Crippen molar-refractivity contribution in [3.05, 3.63) is 146 Å². The number of benzene rings is 5. The molecule has 0 spiro atoms. The zero-order chi connectivity index (χ0) is 33.1. The van der Waals surface area contributed by atoms with Gasteiger partial charge in [-0.25, -0.2) is 0 Å². The summed E-state index contributed by atoms with van der Waals surface area (Å²) < 4.78 is 0. The fourth-order valence-corrected chi connectivity index (χ4v) is 7.35. The summed E-state index contributed by atoms with van der Waals surface area (Å²) in [5, 5.41) is 54.6. The first-order valence-corrected chi connectivity index (χ1v) is 16.7. The second-order valence-electron chi connectivity index (χ2n) is 13.4. The molecule has 0 saturated heterocycles. The lowest BCUT2D eigenvalue weighted by Crippen LogP contribution is -2.07. The molecule has 0 atom stereocenters. The third-order valence-corrected chi connectivity index (χ3v) is 9.53. The number of phenolic OH excluding ortho intramolecular Hbond substituents is 5. The maximum absolute atomic E-state index is 11.7. The Bertz CT molecular complexity index is 1900. The van der Waals surface area contributed by atoms with Gasteiger partial charge in [-0.05, 0) is 107 Å². The van der Waals surface area contributed by atoms with Crippen LogP contribution in [0.2, 0.25) is 0 Å². The standard InChI is InChI=1S/C42H44O5/c1-26-14-32(18-28-8-6-12-37(43)22-28)40(45)34(16-26)20-30-21-36(42(47)39(24-30)31-10-4-3-5-11-31)25-35-17-27(2)15-33(41(35)46)19-29-9-7-13-38(44)23-29/h6-9,12-17,21-24,31,43-47H,3-5,10-11,18-20,25H2,1-2H3.